The van der Waals surface area contributed by atoms with Crippen molar-refractivity contribution in [2.45, 2.75) is 26.4 Å². The molecule has 27 heavy (non-hydrogen) atoms. The number of likely N-dealkylation sites (N-methyl/N-ethyl adjacent to an activating group) is 1. The second-order valence-electron chi connectivity index (χ2n) is 5.90. The third-order valence-electron chi connectivity index (χ3n) is 4.00. The van der Waals surface area contributed by atoms with Crippen LogP contribution in [0, 0.1) is 0 Å². The fraction of sp³-hybridized carbons (Fsp3) is 0.300. The number of benzene rings is 2. The van der Waals surface area contributed by atoms with Gasteiger partial charge in [0.1, 0.15) is 11.8 Å². The van der Waals surface area contributed by atoms with E-state index >= 15 is 0 Å². The maximum Gasteiger partial charge on any atom is 0.261 e. The lowest BCUT2D eigenvalue weighted by molar-refractivity contribution is -0.142. The number of hydrogen-bond acceptors (Lipinski definition) is 3. The molecule has 0 saturated carbocycles. The summed E-state index contributed by atoms with van der Waals surface area (Å²) in [5.41, 5.74) is 0.751. The summed E-state index contributed by atoms with van der Waals surface area (Å²) >= 11 is 12.3. The maximum atomic E-state index is 12.8. The number of carbonyl (C=O) groups is 2. The van der Waals surface area contributed by atoms with Gasteiger partial charge in [0.25, 0.3) is 5.91 Å². The van der Waals surface area contributed by atoms with Crippen molar-refractivity contribution < 1.29 is 14.3 Å². The zero-order valence-corrected chi connectivity index (χ0v) is 16.8. The summed E-state index contributed by atoms with van der Waals surface area (Å²) in [5, 5.41) is 3.69. The summed E-state index contributed by atoms with van der Waals surface area (Å²) in [7, 11) is 0. The molecular weight excluding hydrogens is 387 g/mol. The fourth-order valence-electron chi connectivity index (χ4n) is 2.50. The molecule has 7 heteroatoms. The van der Waals surface area contributed by atoms with Gasteiger partial charge in [-0.1, -0.05) is 53.5 Å². The number of ether oxygens (including phenoxy) is 1. The van der Waals surface area contributed by atoms with Crippen LogP contribution in [-0.2, 0) is 16.1 Å². The van der Waals surface area contributed by atoms with Crippen molar-refractivity contribution in [1.29, 1.82) is 0 Å². The normalized spacial score (nSPS) is 11.6. The van der Waals surface area contributed by atoms with Crippen molar-refractivity contribution in [3.8, 4) is 5.75 Å². The number of amides is 2. The van der Waals surface area contributed by atoms with Crippen molar-refractivity contribution in [2.75, 3.05) is 13.2 Å². The van der Waals surface area contributed by atoms with Gasteiger partial charge in [-0.25, -0.2) is 0 Å². The van der Waals surface area contributed by atoms with E-state index in [0.29, 0.717) is 22.3 Å². The lowest BCUT2D eigenvalue weighted by Crippen LogP contribution is -2.49. The van der Waals surface area contributed by atoms with Crippen molar-refractivity contribution >= 4 is 35.0 Å². The van der Waals surface area contributed by atoms with Gasteiger partial charge in [0.15, 0.2) is 6.61 Å². The van der Waals surface area contributed by atoms with E-state index in [9.17, 15) is 9.59 Å². The Morgan fingerprint density at radius 3 is 2.33 bits per heavy atom. The molecule has 0 radical (unpaired) electrons. The van der Waals surface area contributed by atoms with Gasteiger partial charge < -0.3 is 15.0 Å². The average molecular weight is 409 g/mol. The van der Waals surface area contributed by atoms with E-state index in [4.69, 9.17) is 27.9 Å². The summed E-state index contributed by atoms with van der Waals surface area (Å²) in [4.78, 5) is 26.6. The standard InChI is InChI=1S/C20H22Cl2N2O3/c1-3-23-20(26)14(2)24(12-15-8-4-5-9-16(15)21)19(25)13-27-18-11-7-6-10-17(18)22/h4-11,14H,3,12-13H2,1-2H3,(H,23,26)/t14-/m1/s1. The highest BCUT2D eigenvalue weighted by molar-refractivity contribution is 6.32. The van der Waals surface area contributed by atoms with Crippen LogP contribution >= 0.6 is 23.2 Å². The van der Waals surface area contributed by atoms with Gasteiger partial charge >= 0.3 is 0 Å². The summed E-state index contributed by atoms with van der Waals surface area (Å²) in [5.74, 6) is -0.167. The Kier molecular flexibility index (Phi) is 7.95. The Bertz CT molecular complexity index is 798. The van der Waals surface area contributed by atoms with Crippen molar-refractivity contribution in [1.82, 2.24) is 10.2 Å². The number of hydrogen-bond donors (Lipinski definition) is 1. The van der Waals surface area contributed by atoms with Crippen LogP contribution in [0.15, 0.2) is 48.5 Å². The first kappa shape index (κ1) is 21.1. The van der Waals surface area contributed by atoms with Gasteiger partial charge in [-0.15, -0.1) is 0 Å². The molecule has 1 atom stereocenters. The predicted molar refractivity (Wildman–Crippen MR) is 107 cm³/mol. The quantitative estimate of drug-likeness (QED) is 0.719. The Morgan fingerprint density at radius 2 is 1.70 bits per heavy atom. The van der Waals surface area contributed by atoms with Crippen LogP contribution in [0.1, 0.15) is 19.4 Å². The third kappa shape index (κ3) is 5.88. The first-order valence-electron chi connectivity index (χ1n) is 8.62. The van der Waals surface area contributed by atoms with Gasteiger partial charge in [-0.3, -0.25) is 9.59 Å². The molecule has 0 aliphatic carbocycles. The van der Waals surface area contributed by atoms with Crippen LogP contribution in [0.4, 0.5) is 0 Å². The lowest BCUT2D eigenvalue weighted by Gasteiger charge is -2.29. The number of nitrogens with zero attached hydrogens (tertiary/aromatic N) is 1. The molecule has 144 valence electrons. The second-order valence-corrected chi connectivity index (χ2v) is 6.72. The molecule has 2 aromatic rings. The molecule has 0 aliphatic rings. The Labute approximate surface area is 169 Å². The van der Waals surface area contributed by atoms with Crippen molar-refractivity contribution in [3.05, 3.63) is 64.1 Å². The van der Waals surface area contributed by atoms with Gasteiger partial charge in [0.2, 0.25) is 5.91 Å². The van der Waals surface area contributed by atoms with Crippen LogP contribution < -0.4 is 10.1 Å². The maximum absolute atomic E-state index is 12.8. The zero-order valence-electron chi connectivity index (χ0n) is 15.2. The number of rotatable bonds is 8. The highest BCUT2D eigenvalue weighted by atomic mass is 35.5. The minimum absolute atomic E-state index is 0.197. The van der Waals surface area contributed by atoms with Gasteiger partial charge in [0, 0.05) is 18.1 Å². The lowest BCUT2D eigenvalue weighted by atomic mass is 10.1. The monoisotopic (exact) mass is 408 g/mol. The third-order valence-corrected chi connectivity index (χ3v) is 4.69. The van der Waals surface area contributed by atoms with E-state index in [1.807, 2.05) is 25.1 Å². The average Bonchev–Trinajstić information content (AvgIpc) is 2.66. The van der Waals surface area contributed by atoms with E-state index in [1.54, 1.807) is 37.3 Å². The molecule has 0 saturated heterocycles. The van der Waals surface area contributed by atoms with Crippen LogP contribution in [0.5, 0.6) is 5.75 Å². The highest BCUT2D eigenvalue weighted by Gasteiger charge is 2.26. The summed E-state index contributed by atoms with van der Waals surface area (Å²) in [6, 6.07) is 13.4. The highest BCUT2D eigenvalue weighted by Crippen LogP contribution is 2.23. The SMILES string of the molecule is CCNC(=O)[C@@H](C)N(Cc1ccccc1Cl)C(=O)COc1ccccc1Cl. The molecule has 0 unspecified atom stereocenters. The molecule has 0 aliphatic heterocycles. The van der Waals surface area contributed by atoms with E-state index in [-0.39, 0.29) is 25.0 Å². The number of para-hydroxylation sites is 1. The topological polar surface area (TPSA) is 58.6 Å². The molecule has 0 heterocycles. The fourth-order valence-corrected chi connectivity index (χ4v) is 2.88. The predicted octanol–water partition coefficient (Wildman–Crippen LogP) is 3.93. The molecular formula is C20H22Cl2N2O3. The summed E-state index contributed by atoms with van der Waals surface area (Å²) in [6.45, 7) is 3.94. The second kappa shape index (κ2) is 10.2. The van der Waals surface area contributed by atoms with Crippen LogP contribution in [0.3, 0.4) is 0 Å². The molecule has 0 spiro atoms. The summed E-state index contributed by atoms with van der Waals surface area (Å²) < 4.78 is 5.55. The Balaban J connectivity index is 2.17. The van der Waals surface area contributed by atoms with Gasteiger partial charge in [0.05, 0.1) is 5.02 Å². The van der Waals surface area contributed by atoms with Gasteiger partial charge in [-0.05, 0) is 37.6 Å². The molecule has 0 fully saturated rings. The van der Waals surface area contributed by atoms with E-state index < -0.39 is 6.04 Å². The first-order chi connectivity index (χ1) is 12.9. The minimum atomic E-state index is -0.677. The summed E-state index contributed by atoms with van der Waals surface area (Å²) in [6.07, 6.45) is 0. The van der Waals surface area contributed by atoms with Crippen LogP contribution in [0.2, 0.25) is 10.0 Å². The van der Waals surface area contributed by atoms with Crippen molar-refractivity contribution in [2.24, 2.45) is 0 Å². The molecule has 5 nitrogen and oxygen atoms in total. The largest absolute Gasteiger partial charge is 0.482 e. The van der Waals surface area contributed by atoms with Gasteiger partial charge in [-0.2, -0.15) is 0 Å². The number of nitrogens with one attached hydrogen (secondary N) is 1. The van der Waals surface area contributed by atoms with Crippen LogP contribution in [0.25, 0.3) is 0 Å². The molecule has 0 aromatic heterocycles. The molecule has 2 aromatic carbocycles. The number of carbonyl (C=O) groups excluding carboxylic acids is 2. The Morgan fingerprint density at radius 1 is 1.07 bits per heavy atom. The smallest absolute Gasteiger partial charge is 0.261 e. The molecule has 2 rings (SSSR count). The molecule has 2 amide bonds. The molecule has 1 N–H and O–H groups in total. The Hall–Kier alpha value is -2.24. The van der Waals surface area contributed by atoms with Crippen LogP contribution in [-0.4, -0.2) is 35.9 Å². The van der Waals surface area contributed by atoms with E-state index in [2.05, 4.69) is 5.32 Å². The van der Waals surface area contributed by atoms with E-state index in [0.717, 1.165) is 5.56 Å². The van der Waals surface area contributed by atoms with E-state index in [1.165, 1.54) is 4.90 Å². The molecule has 0 bridgehead atoms. The zero-order chi connectivity index (χ0) is 19.8. The van der Waals surface area contributed by atoms with Crippen molar-refractivity contribution in [3.63, 3.8) is 0 Å². The first-order valence-corrected chi connectivity index (χ1v) is 9.37. The number of halogens is 2. The minimum Gasteiger partial charge on any atom is -0.482 e.